The zero-order valence-corrected chi connectivity index (χ0v) is 39.5. The Labute approximate surface area is 400 Å². The van der Waals surface area contributed by atoms with Crippen LogP contribution in [-0.2, 0) is 5.41 Å². The zero-order valence-electron chi connectivity index (χ0n) is 39.5. The SMILES string of the molecule is Cc1cc2c3c(c1)N(c1c(C)cccc1C)c1ccc(N(c4ccccc4)c4ccccc4)cc1B3c1cc(C(C)(C)C)ccc1N2c1cc(-c2ccccc2)cc(-c2cc3ccccc3o2)c1. The van der Waals surface area contributed by atoms with Crippen LogP contribution in [0.2, 0.25) is 0 Å². The summed E-state index contributed by atoms with van der Waals surface area (Å²) in [7, 11) is 0. The van der Waals surface area contributed by atoms with Gasteiger partial charge in [-0.25, -0.2) is 0 Å². The number of furan rings is 1. The third kappa shape index (κ3) is 6.92. The van der Waals surface area contributed by atoms with E-state index in [1.165, 1.54) is 67.1 Å². The minimum Gasteiger partial charge on any atom is -0.456 e. The summed E-state index contributed by atoms with van der Waals surface area (Å²) in [5.74, 6) is 0.846. The van der Waals surface area contributed by atoms with Gasteiger partial charge in [0, 0.05) is 56.4 Å². The van der Waals surface area contributed by atoms with E-state index in [9.17, 15) is 0 Å². The molecule has 4 nitrogen and oxygen atoms in total. The Balaban J connectivity index is 1.17. The summed E-state index contributed by atoms with van der Waals surface area (Å²) in [5.41, 5.74) is 23.3. The van der Waals surface area contributed by atoms with Gasteiger partial charge >= 0.3 is 0 Å². The minimum atomic E-state index is -0.0843. The van der Waals surface area contributed by atoms with Crippen molar-refractivity contribution in [3.05, 3.63) is 229 Å². The molecule has 0 N–H and O–H groups in total. The molecule has 0 amide bonds. The van der Waals surface area contributed by atoms with Gasteiger partial charge in [0.1, 0.15) is 11.3 Å². The van der Waals surface area contributed by atoms with Crippen molar-refractivity contribution < 1.29 is 4.42 Å². The average Bonchev–Trinajstić information content (AvgIpc) is 3.80. The molecule has 328 valence electrons. The molecule has 12 rings (SSSR count). The molecule has 0 radical (unpaired) electrons. The summed E-state index contributed by atoms with van der Waals surface area (Å²) in [4.78, 5) is 7.50. The molecule has 2 aliphatic rings. The average molecular weight is 878 g/mol. The predicted molar refractivity (Wildman–Crippen MR) is 289 cm³/mol. The third-order valence-corrected chi connectivity index (χ3v) is 14.0. The Morgan fingerprint density at radius 2 is 1.04 bits per heavy atom. The molecule has 9 aromatic carbocycles. The van der Waals surface area contributed by atoms with E-state index >= 15 is 0 Å². The number of aryl methyl sites for hydroxylation is 3. The zero-order chi connectivity index (χ0) is 46.3. The first-order chi connectivity index (χ1) is 33.1. The number of anilines is 9. The van der Waals surface area contributed by atoms with Crippen LogP contribution >= 0.6 is 0 Å². The van der Waals surface area contributed by atoms with Crippen LogP contribution in [0.15, 0.2) is 211 Å². The summed E-state index contributed by atoms with van der Waals surface area (Å²) < 4.78 is 6.65. The van der Waals surface area contributed by atoms with Crippen LogP contribution in [-0.4, -0.2) is 6.71 Å². The van der Waals surface area contributed by atoms with Gasteiger partial charge < -0.3 is 19.1 Å². The quantitative estimate of drug-likeness (QED) is 0.149. The van der Waals surface area contributed by atoms with E-state index in [-0.39, 0.29) is 12.1 Å². The summed E-state index contributed by atoms with van der Waals surface area (Å²) >= 11 is 0. The largest absolute Gasteiger partial charge is 0.456 e. The van der Waals surface area contributed by atoms with Crippen molar-refractivity contribution in [1.82, 2.24) is 0 Å². The molecule has 3 heterocycles. The number of para-hydroxylation sites is 4. The van der Waals surface area contributed by atoms with Gasteiger partial charge in [-0.3, -0.25) is 0 Å². The van der Waals surface area contributed by atoms with Crippen molar-refractivity contribution in [2.75, 3.05) is 14.7 Å². The lowest BCUT2D eigenvalue weighted by molar-refractivity contribution is 0.591. The van der Waals surface area contributed by atoms with E-state index in [0.29, 0.717) is 0 Å². The van der Waals surface area contributed by atoms with E-state index in [4.69, 9.17) is 4.42 Å². The minimum absolute atomic E-state index is 0.0785. The Kier molecular flexibility index (Phi) is 9.81. The van der Waals surface area contributed by atoms with Crippen LogP contribution in [0.1, 0.15) is 43.0 Å². The number of benzene rings is 9. The lowest BCUT2D eigenvalue weighted by Crippen LogP contribution is -2.61. The van der Waals surface area contributed by atoms with Gasteiger partial charge in [-0.15, -0.1) is 0 Å². The maximum Gasteiger partial charge on any atom is 0.252 e. The van der Waals surface area contributed by atoms with Crippen molar-refractivity contribution >= 4 is 85.3 Å². The summed E-state index contributed by atoms with van der Waals surface area (Å²) in [6, 6.07) is 75.7. The van der Waals surface area contributed by atoms with E-state index in [0.717, 1.165) is 56.2 Å². The summed E-state index contributed by atoms with van der Waals surface area (Å²) in [6.45, 7) is 13.7. The molecule has 68 heavy (non-hydrogen) atoms. The number of fused-ring (bicyclic) bond motifs is 5. The Morgan fingerprint density at radius 3 is 1.72 bits per heavy atom. The van der Waals surface area contributed by atoms with Crippen molar-refractivity contribution in [3.63, 3.8) is 0 Å². The van der Waals surface area contributed by atoms with Gasteiger partial charge in [0.05, 0.1) is 5.69 Å². The molecule has 0 spiro atoms. The van der Waals surface area contributed by atoms with Gasteiger partial charge in [-0.05, 0) is 167 Å². The number of rotatable bonds is 7. The summed E-state index contributed by atoms with van der Waals surface area (Å²) in [6.07, 6.45) is 0. The van der Waals surface area contributed by atoms with Crippen molar-refractivity contribution in [3.8, 4) is 22.5 Å². The molecule has 1 aromatic heterocycles. The first kappa shape index (κ1) is 41.4. The van der Waals surface area contributed by atoms with Gasteiger partial charge in [-0.2, -0.15) is 0 Å². The molecule has 2 aliphatic heterocycles. The fraction of sp³-hybridized carbons (Fsp3) is 0.111. The molecule has 0 saturated carbocycles. The topological polar surface area (TPSA) is 22.9 Å². The highest BCUT2D eigenvalue weighted by Crippen LogP contribution is 2.49. The van der Waals surface area contributed by atoms with Crippen molar-refractivity contribution in [2.45, 2.75) is 47.0 Å². The predicted octanol–water partition coefficient (Wildman–Crippen LogP) is 15.5. The molecule has 10 aromatic rings. The molecular weight excluding hydrogens is 826 g/mol. The van der Waals surface area contributed by atoms with Gasteiger partial charge in [-0.1, -0.05) is 136 Å². The lowest BCUT2D eigenvalue weighted by Gasteiger charge is -2.45. The van der Waals surface area contributed by atoms with Crippen LogP contribution in [0, 0.1) is 20.8 Å². The van der Waals surface area contributed by atoms with Gasteiger partial charge in [0.25, 0.3) is 6.71 Å². The van der Waals surface area contributed by atoms with Crippen LogP contribution in [0.4, 0.5) is 51.2 Å². The standard InChI is InChI=1S/C63H52BN3O/c1-41-33-57-61-58(34-41)67(62-42(2)19-18-20-43(62)3)56-32-30-51(65(49-24-12-8-13-25-49)50-26-14-9-15-27-50)40-54(56)64(61)53-39-48(63(4,5)6)29-31-55(53)66(57)52-36-46(44-21-10-7-11-22-44)35-47(37-52)60-38-45-23-16-17-28-59(45)68-60/h7-40H,1-6H3. The number of hydrogen-bond acceptors (Lipinski definition) is 4. The highest BCUT2D eigenvalue weighted by molar-refractivity contribution is 7.00. The maximum absolute atomic E-state index is 6.65. The number of hydrogen-bond donors (Lipinski definition) is 0. The molecule has 0 unspecified atom stereocenters. The van der Waals surface area contributed by atoms with Crippen LogP contribution < -0.4 is 31.1 Å². The highest BCUT2D eigenvalue weighted by Gasteiger charge is 2.45. The molecule has 0 atom stereocenters. The lowest BCUT2D eigenvalue weighted by atomic mass is 9.33. The molecule has 0 fully saturated rings. The number of nitrogens with zero attached hydrogens (tertiary/aromatic N) is 3. The van der Waals surface area contributed by atoms with Crippen LogP contribution in [0.3, 0.4) is 0 Å². The highest BCUT2D eigenvalue weighted by atomic mass is 16.3. The molecule has 0 bridgehead atoms. The molecule has 5 heteroatoms. The first-order valence-electron chi connectivity index (χ1n) is 23.8. The second-order valence-corrected chi connectivity index (χ2v) is 19.6. The normalized spacial score (nSPS) is 12.8. The van der Waals surface area contributed by atoms with E-state index in [2.05, 4.69) is 256 Å². The fourth-order valence-electron chi connectivity index (χ4n) is 10.8. The second-order valence-electron chi connectivity index (χ2n) is 19.6. The van der Waals surface area contributed by atoms with E-state index in [1.54, 1.807) is 0 Å². The van der Waals surface area contributed by atoms with E-state index < -0.39 is 0 Å². The Hall–Kier alpha value is -8.02. The fourth-order valence-corrected chi connectivity index (χ4v) is 10.8. The molecule has 0 aliphatic carbocycles. The Bertz CT molecular complexity index is 3460. The van der Waals surface area contributed by atoms with E-state index in [1.807, 2.05) is 6.07 Å². The Morgan fingerprint density at radius 1 is 0.456 bits per heavy atom. The van der Waals surface area contributed by atoms with Crippen molar-refractivity contribution in [2.24, 2.45) is 0 Å². The molecular formula is C63H52BN3O. The monoisotopic (exact) mass is 877 g/mol. The van der Waals surface area contributed by atoms with Crippen molar-refractivity contribution in [1.29, 1.82) is 0 Å². The van der Waals surface area contributed by atoms with Gasteiger partial charge in [0.15, 0.2) is 0 Å². The third-order valence-electron chi connectivity index (χ3n) is 14.0. The van der Waals surface area contributed by atoms with Crippen LogP contribution in [0.5, 0.6) is 0 Å². The maximum atomic E-state index is 6.65. The smallest absolute Gasteiger partial charge is 0.252 e. The second kappa shape index (κ2) is 16.1. The van der Waals surface area contributed by atoms with Crippen LogP contribution in [0.25, 0.3) is 33.4 Å². The molecule has 0 saturated heterocycles. The first-order valence-corrected chi connectivity index (χ1v) is 23.8. The summed E-state index contributed by atoms with van der Waals surface area (Å²) in [5, 5.41) is 1.09. The van der Waals surface area contributed by atoms with Gasteiger partial charge in [0.2, 0.25) is 0 Å².